The molecule has 0 aliphatic heterocycles. The van der Waals surface area contributed by atoms with Gasteiger partial charge in [-0.3, -0.25) is 14.9 Å². The van der Waals surface area contributed by atoms with E-state index in [-0.39, 0.29) is 17.8 Å². The fraction of sp³-hybridized carbons (Fsp3) is 0.0909. The van der Waals surface area contributed by atoms with E-state index < -0.39 is 22.3 Å². The summed E-state index contributed by atoms with van der Waals surface area (Å²) in [4.78, 5) is 28.4. The quantitative estimate of drug-likeness (QED) is 0.436. The number of nitrogens with zero attached hydrogens (tertiary/aromatic N) is 2. The maximum Gasteiger partial charge on any atom is 0.285 e. The van der Waals surface area contributed by atoms with E-state index in [1.807, 2.05) is 0 Å². The lowest BCUT2D eigenvalue weighted by Crippen LogP contribution is -2.24. The number of nitrogen functional groups attached to an aromatic ring is 1. The number of H-pyrrole nitrogens is 1. The maximum absolute atomic E-state index is 13.2. The molecule has 0 fully saturated rings. The van der Waals surface area contributed by atoms with Crippen LogP contribution >= 0.6 is 0 Å². The molecule has 0 aliphatic carbocycles. The number of hydrogen-bond acceptors (Lipinski definition) is 5. The SMILES string of the molecule is Nc1cc(C(=O)NCc2cnc[nH]2)c([N+](=O)[O-])cc1F. The standard InChI is InChI=1S/C11H10FN5O3/c12-8-2-10(17(19)20)7(1-9(8)13)11(18)15-4-6-3-14-5-16-6/h1-3,5H,4,13H2,(H,14,16)(H,15,18). The molecule has 0 bridgehead atoms. The van der Waals surface area contributed by atoms with Crippen molar-refractivity contribution in [3.05, 3.63) is 51.8 Å². The minimum atomic E-state index is -0.943. The van der Waals surface area contributed by atoms with Crippen molar-refractivity contribution in [3.8, 4) is 0 Å². The van der Waals surface area contributed by atoms with Crippen LogP contribution in [0.4, 0.5) is 15.8 Å². The predicted octanol–water partition coefficient (Wildman–Crippen LogP) is 0.969. The summed E-state index contributed by atoms with van der Waals surface area (Å²) in [5.41, 5.74) is 4.68. The summed E-state index contributed by atoms with van der Waals surface area (Å²) >= 11 is 0. The van der Waals surface area contributed by atoms with Gasteiger partial charge in [-0.1, -0.05) is 0 Å². The van der Waals surface area contributed by atoms with Gasteiger partial charge in [-0.15, -0.1) is 0 Å². The van der Waals surface area contributed by atoms with Crippen LogP contribution in [-0.2, 0) is 6.54 Å². The molecular weight excluding hydrogens is 269 g/mol. The number of carbonyl (C=O) groups is 1. The van der Waals surface area contributed by atoms with Gasteiger partial charge in [0.2, 0.25) is 0 Å². The first-order valence-corrected chi connectivity index (χ1v) is 5.48. The van der Waals surface area contributed by atoms with Gasteiger partial charge >= 0.3 is 0 Å². The van der Waals surface area contributed by atoms with Crippen LogP contribution in [0.1, 0.15) is 16.1 Å². The van der Waals surface area contributed by atoms with Gasteiger partial charge < -0.3 is 16.0 Å². The molecule has 2 aromatic rings. The van der Waals surface area contributed by atoms with E-state index in [9.17, 15) is 19.3 Å². The monoisotopic (exact) mass is 279 g/mol. The van der Waals surface area contributed by atoms with Crippen molar-refractivity contribution in [2.75, 3.05) is 5.73 Å². The number of aromatic nitrogens is 2. The summed E-state index contributed by atoms with van der Waals surface area (Å²) < 4.78 is 13.2. The number of benzene rings is 1. The Morgan fingerprint density at radius 2 is 2.30 bits per heavy atom. The maximum atomic E-state index is 13.2. The van der Waals surface area contributed by atoms with E-state index in [2.05, 4.69) is 15.3 Å². The van der Waals surface area contributed by atoms with Crippen LogP contribution in [0.25, 0.3) is 0 Å². The van der Waals surface area contributed by atoms with Gasteiger partial charge in [0.1, 0.15) is 5.56 Å². The lowest BCUT2D eigenvalue weighted by molar-refractivity contribution is -0.385. The van der Waals surface area contributed by atoms with Crippen LogP contribution in [0.15, 0.2) is 24.7 Å². The van der Waals surface area contributed by atoms with E-state index in [4.69, 9.17) is 5.73 Å². The van der Waals surface area contributed by atoms with E-state index in [0.717, 1.165) is 6.07 Å². The second-order valence-electron chi connectivity index (χ2n) is 3.91. The summed E-state index contributed by atoms with van der Waals surface area (Å²) in [5.74, 6) is -1.67. The highest BCUT2D eigenvalue weighted by Crippen LogP contribution is 2.24. The Balaban J connectivity index is 2.24. The van der Waals surface area contributed by atoms with Gasteiger partial charge in [-0.25, -0.2) is 9.37 Å². The summed E-state index contributed by atoms with van der Waals surface area (Å²) in [7, 11) is 0. The van der Waals surface area contributed by atoms with Crippen molar-refractivity contribution < 1.29 is 14.1 Å². The molecule has 8 nitrogen and oxygen atoms in total. The number of aromatic amines is 1. The molecule has 0 saturated heterocycles. The average Bonchev–Trinajstić information content (AvgIpc) is 2.91. The molecule has 1 amide bonds. The molecule has 0 saturated carbocycles. The first kappa shape index (κ1) is 13.5. The molecule has 0 aliphatic rings. The van der Waals surface area contributed by atoms with Crippen LogP contribution in [-0.4, -0.2) is 20.8 Å². The van der Waals surface area contributed by atoms with E-state index >= 15 is 0 Å². The number of imidazole rings is 1. The number of amides is 1. The highest BCUT2D eigenvalue weighted by atomic mass is 19.1. The third-order valence-corrected chi connectivity index (χ3v) is 2.55. The Kier molecular flexibility index (Phi) is 3.60. The molecule has 0 atom stereocenters. The van der Waals surface area contributed by atoms with Gasteiger partial charge in [0.05, 0.1) is 35.2 Å². The Bertz CT molecular complexity index is 656. The van der Waals surface area contributed by atoms with E-state index in [0.29, 0.717) is 11.8 Å². The van der Waals surface area contributed by atoms with Crippen molar-refractivity contribution in [1.29, 1.82) is 0 Å². The minimum absolute atomic E-state index is 0.104. The molecule has 0 radical (unpaired) electrons. The van der Waals surface area contributed by atoms with Crippen molar-refractivity contribution in [2.24, 2.45) is 0 Å². The number of anilines is 1. The molecule has 9 heteroatoms. The molecule has 20 heavy (non-hydrogen) atoms. The topological polar surface area (TPSA) is 127 Å². The summed E-state index contributed by atoms with van der Waals surface area (Å²) in [6.07, 6.45) is 2.92. The van der Waals surface area contributed by atoms with E-state index in [1.165, 1.54) is 12.5 Å². The number of carbonyl (C=O) groups excluding carboxylic acids is 1. The number of halogens is 1. The zero-order valence-electron chi connectivity index (χ0n) is 10.1. The zero-order valence-corrected chi connectivity index (χ0v) is 10.1. The summed E-state index contributed by atoms with van der Waals surface area (Å²) in [6, 6.07) is 1.57. The summed E-state index contributed by atoms with van der Waals surface area (Å²) in [5, 5.41) is 13.3. The van der Waals surface area contributed by atoms with Crippen LogP contribution < -0.4 is 11.1 Å². The number of nitrogens with two attached hydrogens (primary N) is 1. The second kappa shape index (κ2) is 5.34. The van der Waals surface area contributed by atoms with Crippen LogP contribution in [0.3, 0.4) is 0 Å². The third-order valence-electron chi connectivity index (χ3n) is 2.55. The molecule has 1 aromatic heterocycles. The first-order chi connectivity index (χ1) is 9.49. The highest BCUT2D eigenvalue weighted by molar-refractivity contribution is 5.99. The van der Waals surface area contributed by atoms with Crippen LogP contribution in [0.2, 0.25) is 0 Å². The number of rotatable bonds is 4. The lowest BCUT2D eigenvalue weighted by atomic mass is 10.1. The zero-order chi connectivity index (χ0) is 14.7. The Morgan fingerprint density at radius 3 is 2.90 bits per heavy atom. The molecule has 2 rings (SSSR count). The van der Waals surface area contributed by atoms with Gasteiger partial charge in [-0.05, 0) is 6.07 Å². The van der Waals surface area contributed by atoms with Crippen molar-refractivity contribution in [2.45, 2.75) is 6.54 Å². The van der Waals surface area contributed by atoms with Gasteiger partial charge in [-0.2, -0.15) is 0 Å². The second-order valence-corrected chi connectivity index (χ2v) is 3.91. The Labute approximate surface area is 112 Å². The number of hydrogen-bond donors (Lipinski definition) is 3. The van der Waals surface area contributed by atoms with Crippen LogP contribution in [0.5, 0.6) is 0 Å². The Hall–Kier alpha value is -2.97. The van der Waals surface area contributed by atoms with E-state index in [1.54, 1.807) is 0 Å². The van der Waals surface area contributed by atoms with Crippen LogP contribution in [0, 0.1) is 15.9 Å². The normalized spacial score (nSPS) is 10.2. The predicted molar refractivity (Wildman–Crippen MR) is 67.2 cm³/mol. The minimum Gasteiger partial charge on any atom is -0.396 e. The molecule has 0 unspecified atom stereocenters. The van der Waals surface area contributed by atoms with Crippen molar-refractivity contribution >= 4 is 17.3 Å². The number of nitro groups is 1. The largest absolute Gasteiger partial charge is 0.396 e. The smallest absolute Gasteiger partial charge is 0.285 e. The molecule has 0 spiro atoms. The number of nitrogens with one attached hydrogen (secondary N) is 2. The molecule has 1 aromatic carbocycles. The van der Waals surface area contributed by atoms with Gasteiger partial charge in [0.25, 0.3) is 11.6 Å². The Morgan fingerprint density at radius 1 is 1.55 bits per heavy atom. The fourth-order valence-corrected chi connectivity index (χ4v) is 1.56. The molecular formula is C11H10FN5O3. The third kappa shape index (κ3) is 2.71. The lowest BCUT2D eigenvalue weighted by Gasteiger charge is -2.06. The molecule has 1 heterocycles. The van der Waals surface area contributed by atoms with Crippen molar-refractivity contribution in [1.82, 2.24) is 15.3 Å². The first-order valence-electron chi connectivity index (χ1n) is 5.48. The van der Waals surface area contributed by atoms with Gasteiger partial charge in [0, 0.05) is 6.20 Å². The highest BCUT2D eigenvalue weighted by Gasteiger charge is 2.22. The number of nitro benzene ring substituents is 1. The summed E-state index contributed by atoms with van der Waals surface area (Å²) in [6.45, 7) is 0.104. The fourth-order valence-electron chi connectivity index (χ4n) is 1.56. The van der Waals surface area contributed by atoms with Crippen molar-refractivity contribution in [3.63, 3.8) is 0 Å². The van der Waals surface area contributed by atoms with Gasteiger partial charge in [0.15, 0.2) is 5.82 Å². The average molecular weight is 279 g/mol. The molecule has 4 N–H and O–H groups in total. The molecule has 104 valence electrons.